The molecule has 0 bridgehead atoms. The van der Waals surface area contributed by atoms with Crippen LogP contribution in [0.1, 0.15) is 38.7 Å². The van der Waals surface area contributed by atoms with Crippen LogP contribution < -0.4 is 5.32 Å². The highest BCUT2D eigenvalue weighted by Crippen LogP contribution is 2.39. The van der Waals surface area contributed by atoms with E-state index in [9.17, 15) is 5.11 Å². The van der Waals surface area contributed by atoms with Crippen molar-refractivity contribution in [3.05, 3.63) is 35.9 Å². The second-order valence-corrected chi connectivity index (χ2v) is 6.37. The minimum Gasteiger partial charge on any atom is -0.396 e. The van der Waals surface area contributed by atoms with Gasteiger partial charge in [0.25, 0.3) is 0 Å². The molecule has 0 saturated heterocycles. The summed E-state index contributed by atoms with van der Waals surface area (Å²) in [4.78, 5) is 0. The fourth-order valence-electron chi connectivity index (χ4n) is 2.70. The van der Waals surface area contributed by atoms with Gasteiger partial charge in [0.05, 0.1) is 0 Å². The molecule has 0 aromatic heterocycles. The van der Waals surface area contributed by atoms with E-state index in [-0.39, 0.29) is 10.8 Å². The molecule has 1 aromatic carbocycles. The van der Waals surface area contributed by atoms with E-state index in [1.807, 2.05) is 0 Å². The average molecular weight is 247 g/mol. The summed E-state index contributed by atoms with van der Waals surface area (Å²) in [6.07, 6.45) is 3.61. The highest BCUT2D eigenvalue weighted by Gasteiger charge is 2.36. The van der Waals surface area contributed by atoms with Crippen LogP contribution in [-0.4, -0.2) is 24.8 Å². The molecular formula is C16H25NO. The lowest BCUT2D eigenvalue weighted by Crippen LogP contribution is -2.45. The molecule has 1 aliphatic carbocycles. The second-order valence-electron chi connectivity index (χ2n) is 6.37. The summed E-state index contributed by atoms with van der Waals surface area (Å²) in [5.74, 6) is 0. The molecule has 1 aromatic rings. The molecular weight excluding hydrogens is 222 g/mol. The van der Waals surface area contributed by atoms with Crippen molar-refractivity contribution in [3.8, 4) is 0 Å². The van der Waals surface area contributed by atoms with Crippen LogP contribution in [0.15, 0.2) is 30.3 Å². The molecule has 2 heteroatoms. The van der Waals surface area contributed by atoms with Crippen LogP contribution in [0.3, 0.4) is 0 Å². The third-order valence-electron chi connectivity index (χ3n) is 4.37. The topological polar surface area (TPSA) is 32.3 Å². The summed E-state index contributed by atoms with van der Waals surface area (Å²) in [5.41, 5.74) is 1.68. The van der Waals surface area contributed by atoms with E-state index in [0.29, 0.717) is 6.61 Å². The van der Waals surface area contributed by atoms with Crippen LogP contribution in [-0.2, 0) is 5.41 Å². The number of rotatable bonds is 6. The lowest BCUT2D eigenvalue weighted by Gasteiger charge is -2.41. The van der Waals surface area contributed by atoms with E-state index >= 15 is 0 Å². The van der Waals surface area contributed by atoms with Crippen LogP contribution in [0.25, 0.3) is 0 Å². The number of nitrogens with one attached hydrogen (secondary N) is 1. The molecule has 1 saturated carbocycles. The SMILES string of the molecule is CC(C)(CNCC1(CO)CCC1)c1ccccc1. The summed E-state index contributed by atoms with van der Waals surface area (Å²) >= 11 is 0. The number of hydrogen-bond acceptors (Lipinski definition) is 2. The highest BCUT2D eigenvalue weighted by molar-refractivity contribution is 5.23. The third kappa shape index (κ3) is 2.93. The van der Waals surface area contributed by atoms with Gasteiger partial charge in [-0.2, -0.15) is 0 Å². The van der Waals surface area contributed by atoms with Gasteiger partial charge < -0.3 is 10.4 Å². The minimum absolute atomic E-state index is 0.141. The maximum atomic E-state index is 9.44. The first-order valence-electron chi connectivity index (χ1n) is 6.95. The molecule has 18 heavy (non-hydrogen) atoms. The van der Waals surface area contributed by atoms with Gasteiger partial charge in [-0.25, -0.2) is 0 Å². The van der Waals surface area contributed by atoms with Crippen molar-refractivity contribution in [2.24, 2.45) is 5.41 Å². The van der Waals surface area contributed by atoms with Gasteiger partial charge in [-0.3, -0.25) is 0 Å². The first-order valence-corrected chi connectivity index (χ1v) is 6.95. The summed E-state index contributed by atoms with van der Waals surface area (Å²) in [7, 11) is 0. The second kappa shape index (κ2) is 5.41. The number of benzene rings is 1. The lowest BCUT2D eigenvalue weighted by molar-refractivity contribution is 0.0438. The highest BCUT2D eigenvalue weighted by atomic mass is 16.3. The molecule has 1 aliphatic rings. The van der Waals surface area contributed by atoms with E-state index in [2.05, 4.69) is 49.5 Å². The molecule has 2 rings (SSSR count). The number of hydrogen-bond donors (Lipinski definition) is 2. The Morgan fingerprint density at radius 2 is 1.89 bits per heavy atom. The van der Waals surface area contributed by atoms with Crippen molar-refractivity contribution in [1.82, 2.24) is 5.32 Å². The van der Waals surface area contributed by atoms with Crippen molar-refractivity contribution in [3.63, 3.8) is 0 Å². The Balaban J connectivity index is 1.86. The largest absolute Gasteiger partial charge is 0.396 e. The van der Waals surface area contributed by atoms with Crippen LogP contribution in [0.5, 0.6) is 0 Å². The Morgan fingerprint density at radius 1 is 1.22 bits per heavy atom. The summed E-state index contributed by atoms with van der Waals surface area (Å²) in [6.45, 7) is 6.76. The minimum atomic E-state index is 0.141. The molecule has 2 N–H and O–H groups in total. The Bertz CT molecular complexity index is 362. The van der Waals surface area contributed by atoms with Crippen LogP contribution in [0.4, 0.5) is 0 Å². The average Bonchev–Trinajstić information content (AvgIpc) is 2.34. The molecule has 0 aliphatic heterocycles. The number of aliphatic hydroxyl groups is 1. The normalized spacial score (nSPS) is 18.4. The van der Waals surface area contributed by atoms with E-state index in [0.717, 1.165) is 13.1 Å². The van der Waals surface area contributed by atoms with Crippen molar-refractivity contribution >= 4 is 0 Å². The fourth-order valence-corrected chi connectivity index (χ4v) is 2.70. The van der Waals surface area contributed by atoms with E-state index in [4.69, 9.17) is 0 Å². The molecule has 0 unspecified atom stereocenters. The molecule has 0 heterocycles. The van der Waals surface area contributed by atoms with Gasteiger partial charge in [0.2, 0.25) is 0 Å². The van der Waals surface area contributed by atoms with E-state index in [1.54, 1.807) is 0 Å². The summed E-state index contributed by atoms with van der Waals surface area (Å²) in [6, 6.07) is 10.6. The zero-order chi connectivity index (χ0) is 13.1. The lowest BCUT2D eigenvalue weighted by atomic mass is 9.69. The first kappa shape index (κ1) is 13.6. The standard InChI is InChI=1S/C16H25NO/c1-15(2,14-7-4-3-5-8-14)11-17-12-16(13-18)9-6-10-16/h3-5,7-8,17-18H,6,9-13H2,1-2H3. The van der Waals surface area contributed by atoms with Gasteiger partial charge >= 0.3 is 0 Å². The molecule has 2 nitrogen and oxygen atoms in total. The van der Waals surface area contributed by atoms with E-state index in [1.165, 1.54) is 24.8 Å². The van der Waals surface area contributed by atoms with Gasteiger partial charge in [0.15, 0.2) is 0 Å². The monoisotopic (exact) mass is 247 g/mol. The molecule has 0 atom stereocenters. The zero-order valence-corrected chi connectivity index (χ0v) is 11.6. The van der Waals surface area contributed by atoms with Crippen molar-refractivity contribution in [2.75, 3.05) is 19.7 Å². The predicted octanol–water partition coefficient (Wildman–Crippen LogP) is 2.72. The Morgan fingerprint density at radius 3 is 2.39 bits per heavy atom. The maximum absolute atomic E-state index is 9.44. The molecule has 1 fully saturated rings. The first-order chi connectivity index (χ1) is 8.58. The van der Waals surface area contributed by atoms with Gasteiger partial charge in [-0.05, 0) is 18.4 Å². The summed E-state index contributed by atoms with van der Waals surface area (Å²) in [5, 5.41) is 13.0. The molecule has 0 radical (unpaired) electrons. The Hall–Kier alpha value is -0.860. The maximum Gasteiger partial charge on any atom is 0.0499 e. The van der Waals surface area contributed by atoms with Crippen LogP contribution in [0, 0.1) is 5.41 Å². The van der Waals surface area contributed by atoms with Gasteiger partial charge in [-0.15, -0.1) is 0 Å². The Labute approximate surface area is 110 Å². The predicted molar refractivity (Wildman–Crippen MR) is 75.7 cm³/mol. The van der Waals surface area contributed by atoms with Gasteiger partial charge in [0.1, 0.15) is 0 Å². The van der Waals surface area contributed by atoms with Crippen LogP contribution >= 0.6 is 0 Å². The fraction of sp³-hybridized carbons (Fsp3) is 0.625. The van der Waals surface area contributed by atoms with E-state index < -0.39 is 0 Å². The zero-order valence-electron chi connectivity index (χ0n) is 11.6. The van der Waals surface area contributed by atoms with Crippen molar-refractivity contribution in [2.45, 2.75) is 38.5 Å². The molecule has 100 valence electrons. The smallest absolute Gasteiger partial charge is 0.0499 e. The van der Waals surface area contributed by atoms with Crippen molar-refractivity contribution in [1.29, 1.82) is 0 Å². The third-order valence-corrected chi connectivity index (χ3v) is 4.37. The van der Waals surface area contributed by atoms with Crippen molar-refractivity contribution < 1.29 is 5.11 Å². The number of aliphatic hydroxyl groups excluding tert-OH is 1. The molecule has 0 amide bonds. The van der Waals surface area contributed by atoms with Gasteiger partial charge in [0, 0.05) is 30.5 Å². The molecule has 0 spiro atoms. The Kier molecular flexibility index (Phi) is 4.08. The quantitative estimate of drug-likeness (QED) is 0.810. The van der Waals surface area contributed by atoms with Crippen LogP contribution in [0.2, 0.25) is 0 Å². The summed E-state index contributed by atoms with van der Waals surface area (Å²) < 4.78 is 0. The van der Waals surface area contributed by atoms with Gasteiger partial charge in [-0.1, -0.05) is 50.6 Å².